The van der Waals surface area contributed by atoms with E-state index in [1.165, 1.54) is 11.7 Å². The molecule has 5 rings (SSSR count). The number of hydrogen-bond donors (Lipinski definition) is 2. The Morgan fingerprint density at radius 1 is 1.11 bits per heavy atom. The summed E-state index contributed by atoms with van der Waals surface area (Å²) in [4.78, 5) is 38.8. The number of rotatable bonds is 7. The summed E-state index contributed by atoms with van der Waals surface area (Å²) < 4.78 is 14.3. The molecule has 0 unspecified atom stereocenters. The normalized spacial score (nSPS) is 11.4. The lowest BCUT2D eigenvalue weighted by Gasteiger charge is -2.14. The lowest BCUT2D eigenvalue weighted by molar-refractivity contribution is 0.200. The summed E-state index contributed by atoms with van der Waals surface area (Å²) in [5.74, 6) is 1.36. The van der Waals surface area contributed by atoms with Crippen molar-refractivity contribution in [1.82, 2.24) is 24.1 Å². The molecule has 0 bridgehead atoms. The first kappa shape index (κ1) is 24.3. The van der Waals surface area contributed by atoms with Crippen molar-refractivity contribution in [2.75, 3.05) is 20.3 Å². The number of aryl methyl sites for hydroxylation is 3. The van der Waals surface area contributed by atoms with Gasteiger partial charge in [-0.15, -0.1) is 0 Å². The first-order valence-electron chi connectivity index (χ1n) is 11.8. The van der Waals surface area contributed by atoms with Gasteiger partial charge in [-0.05, 0) is 49.2 Å². The van der Waals surface area contributed by atoms with Gasteiger partial charge in [0.05, 0.1) is 37.0 Å². The molecule has 2 N–H and O–H groups in total. The van der Waals surface area contributed by atoms with Gasteiger partial charge >= 0.3 is 5.69 Å². The number of nitrogens with zero attached hydrogens (tertiary/aromatic N) is 4. The van der Waals surface area contributed by atoms with E-state index in [0.29, 0.717) is 45.1 Å². The van der Waals surface area contributed by atoms with Crippen molar-refractivity contribution in [3.05, 3.63) is 80.3 Å². The molecule has 0 fully saturated rings. The zero-order valence-electron chi connectivity index (χ0n) is 21.0. The number of pyridine rings is 1. The second-order valence-electron chi connectivity index (χ2n) is 8.84. The fourth-order valence-electron chi connectivity index (χ4n) is 4.72. The molecule has 10 heteroatoms. The monoisotopic (exact) mass is 501 g/mol. The Balaban J connectivity index is 1.80. The quantitative estimate of drug-likeness (QED) is 0.351. The number of aliphatic hydroxyl groups excluding tert-OH is 1. The van der Waals surface area contributed by atoms with Crippen LogP contribution in [0.15, 0.2) is 52.2 Å². The lowest BCUT2D eigenvalue weighted by atomic mass is 10.0. The fourth-order valence-corrected chi connectivity index (χ4v) is 4.72. The first-order valence-corrected chi connectivity index (χ1v) is 11.8. The molecule has 5 aromatic rings. The average molecular weight is 502 g/mol. The van der Waals surface area contributed by atoms with Crippen molar-refractivity contribution in [3.63, 3.8) is 0 Å². The molecule has 0 amide bonds. The summed E-state index contributed by atoms with van der Waals surface area (Å²) in [5, 5.41) is 9.38. The summed E-state index contributed by atoms with van der Waals surface area (Å²) in [6, 6.07) is 10.9. The van der Waals surface area contributed by atoms with Crippen LogP contribution in [0.1, 0.15) is 16.8 Å². The number of imidazole rings is 1. The van der Waals surface area contributed by atoms with Gasteiger partial charge in [-0.1, -0.05) is 6.07 Å². The standard InChI is InChI=1S/C27H27N5O5/c1-15-11-17(12-16(2)24(15)37-10-9-33)25-29-22-21(26(34)30-25)20(36-4)13-19-23(22)32(27(35)31(19)3)14-18-7-5-6-8-28-18/h5-8,11-13,33H,9-10,14H2,1-4H3,(H,29,30,34). The third-order valence-electron chi connectivity index (χ3n) is 6.39. The van der Waals surface area contributed by atoms with Crippen LogP contribution in [-0.4, -0.2) is 49.5 Å². The Hall–Kier alpha value is -4.44. The maximum Gasteiger partial charge on any atom is 0.329 e. The van der Waals surface area contributed by atoms with E-state index >= 15 is 0 Å². The van der Waals surface area contributed by atoms with Gasteiger partial charge in [0.2, 0.25) is 0 Å². The molecule has 0 spiro atoms. The number of methoxy groups -OCH3 is 1. The largest absolute Gasteiger partial charge is 0.496 e. The van der Waals surface area contributed by atoms with E-state index in [4.69, 9.17) is 19.6 Å². The van der Waals surface area contributed by atoms with Gasteiger partial charge < -0.3 is 19.6 Å². The minimum atomic E-state index is -0.379. The third kappa shape index (κ3) is 4.15. The first-order chi connectivity index (χ1) is 17.8. The van der Waals surface area contributed by atoms with E-state index in [1.54, 1.807) is 23.9 Å². The van der Waals surface area contributed by atoms with Crippen LogP contribution in [0, 0.1) is 13.8 Å². The molecule has 0 atom stereocenters. The Morgan fingerprint density at radius 2 is 1.86 bits per heavy atom. The van der Waals surface area contributed by atoms with E-state index in [9.17, 15) is 9.59 Å². The third-order valence-corrected chi connectivity index (χ3v) is 6.39. The number of aromatic amines is 1. The Morgan fingerprint density at radius 3 is 2.51 bits per heavy atom. The number of aliphatic hydroxyl groups is 1. The van der Waals surface area contributed by atoms with Gasteiger partial charge in [-0.2, -0.15) is 0 Å². The minimum Gasteiger partial charge on any atom is -0.496 e. The van der Waals surface area contributed by atoms with E-state index < -0.39 is 0 Å². The highest BCUT2D eigenvalue weighted by molar-refractivity contribution is 6.05. The maximum absolute atomic E-state index is 13.4. The van der Waals surface area contributed by atoms with Crippen LogP contribution < -0.4 is 20.7 Å². The van der Waals surface area contributed by atoms with Gasteiger partial charge in [0.15, 0.2) is 0 Å². The van der Waals surface area contributed by atoms with Crippen LogP contribution in [0.5, 0.6) is 11.5 Å². The highest BCUT2D eigenvalue weighted by Gasteiger charge is 2.22. The van der Waals surface area contributed by atoms with E-state index in [0.717, 1.165) is 11.1 Å². The van der Waals surface area contributed by atoms with Crippen molar-refractivity contribution in [3.8, 4) is 22.9 Å². The number of ether oxygens (including phenoxy) is 2. The van der Waals surface area contributed by atoms with Crippen molar-refractivity contribution >= 4 is 21.9 Å². The smallest absolute Gasteiger partial charge is 0.329 e. The molecule has 0 radical (unpaired) electrons. The fraction of sp³-hybridized carbons (Fsp3) is 0.259. The summed E-state index contributed by atoms with van der Waals surface area (Å²) in [6.45, 7) is 4.11. The van der Waals surface area contributed by atoms with E-state index in [1.807, 2.05) is 44.2 Å². The average Bonchev–Trinajstić information content (AvgIpc) is 3.12. The number of hydrogen-bond acceptors (Lipinski definition) is 7. The molecule has 0 aliphatic carbocycles. The molecule has 0 saturated carbocycles. The molecule has 3 aromatic heterocycles. The Kier molecular flexibility index (Phi) is 6.26. The van der Waals surface area contributed by atoms with E-state index in [2.05, 4.69) is 9.97 Å². The predicted molar refractivity (Wildman–Crippen MR) is 140 cm³/mol. The molecular formula is C27H27N5O5. The second kappa shape index (κ2) is 9.55. The molecule has 190 valence electrons. The van der Waals surface area contributed by atoms with Crippen LogP contribution in [0.3, 0.4) is 0 Å². The zero-order valence-corrected chi connectivity index (χ0v) is 21.0. The SMILES string of the molecule is COc1cc2c(c3nc(-c4cc(C)c(OCCO)c(C)c4)[nH]c(=O)c13)n(Cc1ccccn1)c(=O)n2C. The summed E-state index contributed by atoms with van der Waals surface area (Å²) in [6.07, 6.45) is 1.67. The number of fused-ring (bicyclic) bond motifs is 3. The Labute approximate surface area is 211 Å². The van der Waals surface area contributed by atoms with Crippen LogP contribution in [0.25, 0.3) is 33.3 Å². The molecular weight excluding hydrogens is 474 g/mol. The summed E-state index contributed by atoms with van der Waals surface area (Å²) in [5.41, 5.74) is 3.92. The topological polar surface area (TPSA) is 124 Å². The van der Waals surface area contributed by atoms with Crippen molar-refractivity contribution in [2.45, 2.75) is 20.4 Å². The predicted octanol–water partition coefficient (Wildman–Crippen LogP) is 2.68. The molecule has 37 heavy (non-hydrogen) atoms. The van der Waals surface area contributed by atoms with Gasteiger partial charge in [-0.3, -0.25) is 18.9 Å². The number of aromatic nitrogens is 5. The Bertz CT molecular complexity index is 1730. The number of benzene rings is 2. The van der Waals surface area contributed by atoms with Gasteiger partial charge in [0.25, 0.3) is 5.56 Å². The highest BCUT2D eigenvalue weighted by Crippen LogP contribution is 2.33. The molecule has 0 aliphatic rings. The molecule has 3 heterocycles. The molecule has 0 saturated heterocycles. The summed E-state index contributed by atoms with van der Waals surface area (Å²) in [7, 11) is 3.16. The van der Waals surface area contributed by atoms with Gasteiger partial charge in [-0.25, -0.2) is 9.78 Å². The molecule has 2 aromatic carbocycles. The van der Waals surface area contributed by atoms with Crippen molar-refractivity contribution in [2.24, 2.45) is 7.05 Å². The number of nitrogens with one attached hydrogen (secondary N) is 1. The van der Waals surface area contributed by atoms with Crippen LogP contribution in [0.2, 0.25) is 0 Å². The summed E-state index contributed by atoms with van der Waals surface area (Å²) >= 11 is 0. The van der Waals surface area contributed by atoms with Crippen molar-refractivity contribution in [1.29, 1.82) is 0 Å². The highest BCUT2D eigenvalue weighted by atomic mass is 16.5. The van der Waals surface area contributed by atoms with Crippen molar-refractivity contribution < 1.29 is 14.6 Å². The van der Waals surface area contributed by atoms with Crippen LogP contribution >= 0.6 is 0 Å². The van der Waals surface area contributed by atoms with E-state index in [-0.39, 0.29) is 36.4 Å². The lowest BCUT2D eigenvalue weighted by Crippen LogP contribution is -2.23. The maximum atomic E-state index is 13.4. The van der Waals surface area contributed by atoms with Crippen LogP contribution in [0.4, 0.5) is 0 Å². The van der Waals surface area contributed by atoms with Gasteiger partial charge in [0, 0.05) is 24.9 Å². The minimum absolute atomic E-state index is 0.0880. The van der Waals surface area contributed by atoms with Crippen LogP contribution in [-0.2, 0) is 13.6 Å². The molecule has 0 aliphatic heterocycles. The molecule has 10 nitrogen and oxygen atoms in total. The van der Waals surface area contributed by atoms with Gasteiger partial charge in [0.1, 0.15) is 34.8 Å². The second-order valence-corrected chi connectivity index (χ2v) is 8.84. The zero-order chi connectivity index (χ0) is 26.3. The number of H-pyrrole nitrogens is 1.